The summed E-state index contributed by atoms with van der Waals surface area (Å²) in [5.74, 6) is 0.978. The van der Waals surface area contributed by atoms with Crippen LogP contribution in [0.4, 0.5) is 0 Å². The Morgan fingerprint density at radius 1 is 0.788 bits per heavy atom. The molecule has 0 atom stereocenters. The normalized spacial score (nSPS) is 10.8. The van der Waals surface area contributed by atoms with Gasteiger partial charge in [-0.1, -0.05) is 12.1 Å². The maximum absolute atomic E-state index is 9.53. The number of hydrogen-bond donors (Lipinski definition) is 0. The Labute approximate surface area is 196 Å². The zero-order valence-corrected chi connectivity index (χ0v) is 19.7. The first-order valence-electron chi connectivity index (χ1n) is 11.6. The van der Waals surface area contributed by atoms with Gasteiger partial charge in [0.2, 0.25) is 0 Å². The van der Waals surface area contributed by atoms with Crippen molar-refractivity contribution in [2.75, 3.05) is 0 Å². The van der Waals surface area contributed by atoms with Gasteiger partial charge in [-0.05, 0) is 118 Å². The first-order chi connectivity index (χ1) is 16.0. The van der Waals surface area contributed by atoms with Crippen molar-refractivity contribution >= 4 is 0 Å². The van der Waals surface area contributed by atoms with Gasteiger partial charge in [-0.2, -0.15) is 5.26 Å². The molecule has 0 N–H and O–H groups in total. The maximum atomic E-state index is 9.53. The Morgan fingerprint density at radius 3 is 2.24 bits per heavy atom. The molecule has 4 nitrogen and oxygen atoms in total. The van der Waals surface area contributed by atoms with Crippen LogP contribution < -0.4 is 0 Å². The predicted octanol–water partition coefficient (Wildman–Crippen LogP) is 6.02. The summed E-state index contributed by atoms with van der Waals surface area (Å²) >= 11 is 0. The number of aromatic nitrogens is 3. The second-order valence-corrected chi connectivity index (χ2v) is 8.77. The Morgan fingerprint density at radius 2 is 1.55 bits per heavy atom. The molecule has 4 rings (SSSR count). The minimum atomic E-state index is 0.733. The van der Waals surface area contributed by atoms with E-state index in [2.05, 4.69) is 72.8 Å². The van der Waals surface area contributed by atoms with E-state index in [4.69, 9.17) is 4.98 Å². The smallest absolute Gasteiger partial charge is 0.137 e. The van der Waals surface area contributed by atoms with Crippen LogP contribution in [0, 0.1) is 32.1 Å². The van der Waals surface area contributed by atoms with Crippen LogP contribution in [0.25, 0.3) is 5.82 Å². The fourth-order valence-corrected chi connectivity index (χ4v) is 4.40. The molecule has 0 amide bonds. The van der Waals surface area contributed by atoms with Gasteiger partial charge in [0.1, 0.15) is 5.82 Å². The zero-order chi connectivity index (χ0) is 23.2. The van der Waals surface area contributed by atoms with Crippen molar-refractivity contribution in [1.82, 2.24) is 14.5 Å². The third-order valence-electron chi connectivity index (χ3n) is 5.99. The van der Waals surface area contributed by atoms with E-state index in [0.29, 0.717) is 0 Å². The lowest BCUT2D eigenvalue weighted by molar-refractivity contribution is 0.796. The Hall–Kier alpha value is -3.71. The van der Waals surface area contributed by atoms with E-state index >= 15 is 0 Å². The van der Waals surface area contributed by atoms with Gasteiger partial charge in [-0.3, -0.25) is 4.98 Å². The van der Waals surface area contributed by atoms with Crippen molar-refractivity contribution in [3.8, 4) is 11.9 Å². The fourth-order valence-electron chi connectivity index (χ4n) is 4.40. The minimum absolute atomic E-state index is 0.733. The van der Waals surface area contributed by atoms with Crippen molar-refractivity contribution in [3.63, 3.8) is 0 Å². The highest BCUT2D eigenvalue weighted by Crippen LogP contribution is 2.19. The number of nitriles is 1. The highest BCUT2D eigenvalue weighted by atomic mass is 15.1. The van der Waals surface area contributed by atoms with Crippen LogP contribution >= 0.6 is 0 Å². The van der Waals surface area contributed by atoms with Crippen molar-refractivity contribution < 1.29 is 0 Å². The molecular weight excluding hydrogens is 404 g/mol. The molecule has 1 aromatic carbocycles. The molecule has 0 spiro atoms. The van der Waals surface area contributed by atoms with Crippen LogP contribution in [-0.2, 0) is 25.7 Å². The summed E-state index contributed by atoms with van der Waals surface area (Å²) in [5, 5.41) is 9.53. The molecule has 0 saturated carbocycles. The van der Waals surface area contributed by atoms with Crippen molar-refractivity contribution in [1.29, 1.82) is 5.26 Å². The molecule has 33 heavy (non-hydrogen) atoms. The van der Waals surface area contributed by atoms with E-state index in [1.54, 1.807) is 0 Å². The highest BCUT2D eigenvalue weighted by Gasteiger charge is 2.09. The Balaban J connectivity index is 1.47. The van der Waals surface area contributed by atoms with E-state index in [1.807, 2.05) is 30.5 Å². The number of hydrogen-bond acceptors (Lipinski definition) is 3. The van der Waals surface area contributed by atoms with Gasteiger partial charge in [-0.25, -0.2) is 4.98 Å². The molecule has 0 aliphatic rings. The minimum Gasteiger partial charge on any atom is -0.303 e. The maximum Gasteiger partial charge on any atom is 0.137 e. The SMILES string of the molecule is Cc1cc(CCc2cc(C#N)cc(CCCc3ccccn3)c2)nc(-n2c(C)ccc2C)c1. The highest BCUT2D eigenvalue weighted by molar-refractivity contribution is 5.39. The number of pyridine rings is 2. The monoisotopic (exact) mass is 434 g/mol. The largest absolute Gasteiger partial charge is 0.303 e. The van der Waals surface area contributed by atoms with Gasteiger partial charge in [-0.15, -0.1) is 0 Å². The van der Waals surface area contributed by atoms with Gasteiger partial charge >= 0.3 is 0 Å². The number of benzene rings is 1. The summed E-state index contributed by atoms with van der Waals surface area (Å²) in [7, 11) is 0. The Kier molecular flexibility index (Phi) is 7.00. The van der Waals surface area contributed by atoms with E-state index in [0.717, 1.165) is 54.9 Å². The average Bonchev–Trinajstić information content (AvgIpc) is 3.15. The van der Waals surface area contributed by atoms with Crippen LogP contribution in [0.5, 0.6) is 0 Å². The van der Waals surface area contributed by atoms with E-state index in [9.17, 15) is 5.26 Å². The molecule has 166 valence electrons. The molecule has 3 aromatic heterocycles. The lowest BCUT2D eigenvalue weighted by atomic mass is 9.98. The van der Waals surface area contributed by atoms with Gasteiger partial charge in [0.15, 0.2) is 0 Å². The average molecular weight is 435 g/mol. The summed E-state index contributed by atoms with van der Waals surface area (Å²) < 4.78 is 2.20. The first kappa shape index (κ1) is 22.5. The second-order valence-electron chi connectivity index (χ2n) is 8.77. The molecule has 0 radical (unpaired) electrons. The zero-order valence-electron chi connectivity index (χ0n) is 19.7. The predicted molar refractivity (Wildman–Crippen MR) is 133 cm³/mol. The van der Waals surface area contributed by atoms with E-state index < -0.39 is 0 Å². The van der Waals surface area contributed by atoms with Crippen molar-refractivity contribution in [2.24, 2.45) is 0 Å². The van der Waals surface area contributed by atoms with Crippen LogP contribution in [0.15, 0.2) is 66.9 Å². The molecule has 0 fully saturated rings. The summed E-state index contributed by atoms with van der Waals surface area (Å²) in [6.45, 7) is 6.35. The molecule has 0 aliphatic heterocycles. The van der Waals surface area contributed by atoms with E-state index in [-0.39, 0.29) is 0 Å². The summed E-state index contributed by atoms with van der Waals surface area (Å²) in [5.41, 5.74) is 8.93. The second kappa shape index (κ2) is 10.3. The fraction of sp³-hybridized carbons (Fsp3) is 0.276. The van der Waals surface area contributed by atoms with Crippen LogP contribution in [-0.4, -0.2) is 14.5 Å². The lowest BCUT2D eigenvalue weighted by Crippen LogP contribution is -2.05. The van der Waals surface area contributed by atoms with Crippen molar-refractivity contribution in [3.05, 3.63) is 112 Å². The Bertz CT molecular complexity index is 1260. The van der Waals surface area contributed by atoms with Gasteiger partial charge in [0.25, 0.3) is 0 Å². The van der Waals surface area contributed by atoms with Gasteiger partial charge < -0.3 is 4.57 Å². The van der Waals surface area contributed by atoms with Gasteiger partial charge in [0, 0.05) is 29.0 Å². The van der Waals surface area contributed by atoms with Crippen LogP contribution in [0.3, 0.4) is 0 Å². The third kappa shape index (κ3) is 5.75. The number of rotatable bonds is 8. The third-order valence-corrected chi connectivity index (χ3v) is 5.99. The molecule has 4 heteroatoms. The molecule has 0 aliphatic carbocycles. The standard InChI is InChI=1S/C29H30N4/c1-21-15-28(32-29(16-21)33-22(2)10-11-23(33)3)13-12-25-17-24(18-26(19-25)20-30)7-6-9-27-8-4-5-14-31-27/h4-5,8,10-11,14-19H,6-7,9,12-13H2,1-3H3. The topological polar surface area (TPSA) is 54.5 Å². The number of nitrogens with zero attached hydrogens (tertiary/aromatic N) is 4. The summed E-state index contributed by atoms with van der Waals surface area (Å²) in [6.07, 6.45) is 6.45. The summed E-state index contributed by atoms with van der Waals surface area (Å²) in [6, 6.07) is 23.2. The lowest BCUT2D eigenvalue weighted by Gasteiger charge is -2.12. The van der Waals surface area contributed by atoms with E-state index in [1.165, 1.54) is 28.1 Å². The van der Waals surface area contributed by atoms with Crippen molar-refractivity contribution in [2.45, 2.75) is 52.9 Å². The first-order valence-corrected chi connectivity index (χ1v) is 11.6. The van der Waals surface area contributed by atoms with Gasteiger partial charge in [0.05, 0.1) is 11.6 Å². The van der Waals surface area contributed by atoms with Crippen LogP contribution in [0.1, 0.15) is 51.5 Å². The number of aryl methyl sites for hydroxylation is 7. The molecule has 0 unspecified atom stereocenters. The molecule has 4 aromatic rings. The molecule has 3 heterocycles. The molecular formula is C29H30N4. The molecule has 0 bridgehead atoms. The quantitative estimate of drug-likeness (QED) is 0.340. The van der Waals surface area contributed by atoms with Crippen LogP contribution in [0.2, 0.25) is 0 Å². The molecule has 0 saturated heterocycles. The summed E-state index contributed by atoms with van der Waals surface area (Å²) in [4.78, 5) is 9.36.